The van der Waals surface area contributed by atoms with E-state index in [9.17, 15) is 4.79 Å². The highest BCUT2D eigenvalue weighted by molar-refractivity contribution is 9.10. The maximum Gasteiger partial charge on any atom is 0.250 e. The van der Waals surface area contributed by atoms with E-state index in [-0.39, 0.29) is 11.0 Å². The van der Waals surface area contributed by atoms with E-state index in [2.05, 4.69) is 26.6 Å². The van der Waals surface area contributed by atoms with Gasteiger partial charge in [-0.25, -0.2) is 0 Å². The number of amides is 1. The van der Waals surface area contributed by atoms with Gasteiger partial charge in [-0.15, -0.1) is 11.3 Å². The summed E-state index contributed by atoms with van der Waals surface area (Å²) in [5.74, 6) is -0.288. The van der Waals surface area contributed by atoms with Gasteiger partial charge in [-0.05, 0) is 63.9 Å². The molecule has 2 rings (SSSR count). The Morgan fingerprint density at radius 2 is 2.19 bits per heavy atom. The van der Waals surface area contributed by atoms with Crippen LogP contribution in [0.25, 0.3) is 6.08 Å². The second-order valence-electron chi connectivity index (χ2n) is 3.92. The number of thiophene rings is 1. The number of nitrogens with one attached hydrogen (secondary N) is 2. The first kappa shape index (κ1) is 16.2. The molecule has 0 unspecified atom stereocenters. The molecule has 1 aromatic heterocycles. The normalized spacial score (nSPS) is 10.6. The molecular formula is C14H10BrClN2OS2. The Kier molecular flexibility index (Phi) is 5.93. The van der Waals surface area contributed by atoms with Crippen molar-refractivity contribution < 1.29 is 4.79 Å². The van der Waals surface area contributed by atoms with Crippen LogP contribution in [0.2, 0.25) is 5.02 Å². The molecule has 7 heteroatoms. The van der Waals surface area contributed by atoms with Gasteiger partial charge in [0.25, 0.3) is 0 Å². The quantitative estimate of drug-likeness (QED) is 0.579. The van der Waals surface area contributed by atoms with Gasteiger partial charge in [0.1, 0.15) is 0 Å². The van der Waals surface area contributed by atoms with Crippen LogP contribution in [0.3, 0.4) is 0 Å². The van der Waals surface area contributed by atoms with Crippen LogP contribution in [-0.2, 0) is 4.79 Å². The molecule has 1 amide bonds. The number of rotatable bonds is 3. The SMILES string of the molecule is O=C(C=Cc1cccs1)NC(=S)Nc1ccc(Br)c(Cl)c1. The average Bonchev–Trinajstić information content (AvgIpc) is 2.94. The highest BCUT2D eigenvalue weighted by atomic mass is 79.9. The van der Waals surface area contributed by atoms with Gasteiger partial charge >= 0.3 is 0 Å². The number of carbonyl (C=O) groups is 1. The van der Waals surface area contributed by atoms with Crippen LogP contribution in [0.5, 0.6) is 0 Å². The fourth-order valence-corrected chi connectivity index (χ4v) is 2.70. The van der Waals surface area contributed by atoms with Crippen LogP contribution in [-0.4, -0.2) is 11.0 Å². The molecule has 0 aliphatic rings. The molecule has 0 aliphatic heterocycles. The summed E-state index contributed by atoms with van der Waals surface area (Å²) in [7, 11) is 0. The lowest BCUT2D eigenvalue weighted by atomic mass is 10.3. The molecule has 0 saturated heterocycles. The highest BCUT2D eigenvalue weighted by Gasteiger charge is 2.03. The van der Waals surface area contributed by atoms with E-state index in [1.165, 1.54) is 6.08 Å². The Labute approximate surface area is 145 Å². The van der Waals surface area contributed by atoms with Crippen molar-refractivity contribution in [2.45, 2.75) is 0 Å². The first-order chi connectivity index (χ1) is 10.0. The van der Waals surface area contributed by atoms with Gasteiger partial charge in [0.05, 0.1) is 5.02 Å². The zero-order valence-electron chi connectivity index (χ0n) is 10.6. The van der Waals surface area contributed by atoms with E-state index in [1.54, 1.807) is 35.6 Å². The predicted molar refractivity (Wildman–Crippen MR) is 96.9 cm³/mol. The number of carbonyl (C=O) groups excluding carboxylic acids is 1. The number of thiocarbonyl (C=S) groups is 1. The summed E-state index contributed by atoms with van der Waals surface area (Å²) in [5.41, 5.74) is 0.704. The average molecular weight is 402 g/mol. The molecule has 0 atom stereocenters. The lowest BCUT2D eigenvalue weighted by Gasteiger charge is -2.08. The lowest BCUT2D eigenvalue weighted by Crippen LogP contribution is -2.32. The zero-order chi connectivity index (χ0) is 15.2. The van der Waals surface area contributed by atoms with Crippen LogP contribution >= 0.6 is 51.1 Å². The van der Waals surface area contributed by atoms with E-state index in [0.29, 0.717) is 10.7 Å². The molecule has 0 spiro atoms. The highest BCUT2D eigenvalue weighted by Crippen LogP contribution is 2.25. The Hall–Kier alpha value is -1.21. The minimum absolute atomic E-state index is 0.217. The summed E-state index contributed by atoms with van der Waals surface area (Å²) in [6, 6.07) is 9.16. The molecule has 108 valence electrons. The molecule has 0 aliphatic carbocycles. The third kappa shape index (κ3) is 5.24. The van der Waals surface area contributed by atoms with E-state index >= 15 is 0 Å². The molecular weight excluding hydrogens is 392 g/mol. The van der Waals surface area contributed by atoms with E-state index < -0.39 is 0 Å². The summed E-state index contributed by atoms with van der Waals surface area (Å²) in [5, 5.41) is 8.19. The van der Waals surface area contributed by atoms with Crippen LogP contribution in [0.1, 0.15) is 4.88 Å². The molecule has 0 bridgehead atoms. The van der Waals surface area contributed by atoms with Gasteiger partial charge in [0.15, 0.2) is 5.11 Å². The van der Waals surface area contributed by atoms with Gasteiger partial charge in [-0.2, -0.15) is 0 Å². The maximum absolute atomic E-state index is 11.7. The maximum atomic E-state index is 11.7. The minimum atomic E-state index is -0.288. The monoisotopic (exact) mass is 400 g/mol. The Bertz CT molecular complexity index is 686. The van der Waals surface area contributed by atoms with Crippen molar-refractivity contribution in [3.05, 3.63) is 56.2 Å². The largest absolute Gasteiger partial charge is 0.332 e. The van der Waals surface area contributed by atoms with Crippen LogP contribution in [0, 0.1) is 0 Å². The molecule has 3 nitrogen and oxygen atoms in total. The van der Waals surface area contributed by atoms with Crippen molar-refractivity contribution >= 4 is 73.9 Å². The third-order valence-electron chi connectivity index (χ3n) is 2.36. The predicted octanol–water partition coefficient (Wildman–Crippen LogP) is 4.69. The Morgan fingerprint density at radius 1 is 1.38 bits per heavy atom. The molecule has 1 heterocycles. The second-order valence-corrected chi connectivity index (χ2v) is 6.57. The fraction of sp³-hybridized carbons (Fsp3) is 0. The van der Waals surface area contributed by atoms with Gasteiger partial charge in [-0.1, -0.05) is 17.7 Å². The van der Waals surface area contributed by atoms with Crippen molar-refractivity contribution in [1.82, 2.24) is 5.32 Å². The number of halogens is 2. The van der Waals surface area contributed by atoms with Crippen molar-refractivity contribution in [3.8, 4) is 0 Å². The van der Waals surface area contributed by atoms with Crippen molar-refractivity contribution in [3.63, 3.8) is 0 Å². The topological polar surface area (TPSA) is 41.1 Å². The van der Waals surface area contributed by atoms with Gasteiger partial charge < -0.3 is 5.32 Å². The van der Waals surface area contributed by atoms with E-state index in [4.69, 9.17) is 23.8 Å². The summed E-state index contributed by atoms with van der Waals surface area (Å²) in [4.78, 5) is 12.7. The first-order valence-corrected chi connectivity index (χ1v) is 8.29. The molecule has 21 heavy (non-hydrogen) atoms. The minimum Gasteiger partial charge on any atom is -0.332 e. The zero-order valence-corrected chi connectivity index (χ0v) is 14.6. The van der Waals surface area contributed by atoms with Crippen LogP contribution in [0.15, 0.2) is 46.3 Å². The second kappa shape index (κ2) is 7.70. The van der Waals surface area contributed by atoms with Crippen LogP contribution in [0.4, 0.5) is 5.69 Å². The molecule has 0 fully saturated rings. The van der Waals surface area contributed by atoms with Gasteiger partial charge in [-0.3, -0.25) is 10.1 Å². The summed E-state index contributed by atoms with van der Waals surface area (Å²) in [6.45, 7) is 0. The number of anilines is 1. The molecule has 1 aromatic carbocycles. The Morgan fingerprint density at radius 3 is 2.86 bits per heavy atom. The fourth-order valence-electron chi connectivity index (χ4n) is 1.43. The van der Waals surface area contributed by atoms with Gasteiger partial charge in [0.2, 0.25) is 5.91 Å². The number of hydrogen-bond acceptors (Lipinski definition) is 3. The molecule has 2 aromatic rings. The van der Waals surface area contributed by atoms with Crippen LogP contribution < -0.4 is 10.6 Å². The van der Waals surface area contributed by atoms with E-state index in [1.807, 2.05) is 17.5 Å². The summed E-state index contributed by atoms with van der Waals surface area (Å²) >= 11 is 15.9. The van der Waals surface area contributed by atoms with Crippen molar-refractivity contribution in [2.24, 2.45) is 0 Å². The number of hydrogen-bond donors (Lipinski definition) is 2. The first-order valence-electron chi connectivity index (χ1n) is 5.83. The third-order valence-corrected chi connectivity index (χ3v) is 4.63. The smallest absolute Gasteiger partial charge is 0.250 e. The lowest BCUT2D eigenvalue weighted by molar-refractivity contribution is -0.115. The van der Waals surface area contributed by atoms with Crippen molar-refractivity contribution in [2.75, 3.05) is 5.32 Å². The van der Waals surface area contributed by atoms with Crippen molar-refractivity contribution in [1.29, 1.82) is 0 Å². The standard InChI is InChI=1S/C14H10BrClN2OS2/c15-11-5-3-9(8-12(11)16)17-14(20)18-13(19)6-4-10-2-1-7-21-10/h1-8H,(H2,17,18,19,20). The Balaban J connectivity index is 1.89. The number of benzene rings is 1. The summed E-state index contributed by atoms with van der Waals surface area (Å²) < 4.78 is 0.795. The van der Waals surface area contributed by atoms with E-state index in [0.717, 1.165) is 9.35 Å². The molecule has 2 N–H and O–H groups in total. The summed E-state index contributed by atoms with van der Waals surface area (Å²) in [6.07, 6.45) is 3.17. The molecule has 0 saturated carbocycles. The molecule has 0 radical (unpaired) electrons. The van der Waals surface area contributed by atoms with Gasteiger partial charge in [0, 0.05) is 21.1 Å².